The van der Waals surface area contributed by atoms with E-state index in [0.717, 1.165) is 25.0 Å². The molecule has 2 aliphatic rings. The van der Waals surface area contributed by atoms with Gasteiger partial charge in [0.1, 0.15) is 11.3 Å². The number of nitrogens with zero attached hydrogens (tertiary/aromatic N) is 3. The fraction of sp³-hybridized carbons (Fsp3) is 0.524. The zero-order chi connectivity index (χ0) is 22.8. The fourth-order valence-electron chi connectivity index (χ4n) is 3.52. The summed E-state index contributed by atoms with van der Waals surface area (Å²) in [5.74, 6) is -0.228. The van der Waals surface area contributed by atoms with E-state index in [1.807, 2.05) is 0 Å². The molecule has 32 heavy (non-hydrogen) atoms. The van der Waals surface area contributed by atoms with Crippen molar-refractivity contribution in [2.75, 3.05) is 29.3 Å². The standard InChI is InChI=1S/C21H24F4N4O2S/c22-17-18(28-13-32-20(30)7-9-31-10-8-20)26-12-27-19(17)29(16-5-6-16)11-14-1-3-15(4-2-14)21(23,24)25/h1-4,12,16,30H,5-11,13H2,(H,26,27,28). The second kappa shape index (κ2) is 9.40. The fourth-order valence-corrected chi connectivity index (χ4v) is 4.45. The second-order valence-corrected chi connectivity index (χ2v) is 9.27. The monoisotopic (exact) mass is 472 g/mol. The Kier molecular flexibility index (Phi) is 6.78. The Morgan fingerprint density at radius 2 is 1.84 bits per heavy atom. The molecule has 0 bridgehead atoms. The first-order chi connectivity index (χ1) is 15.3. The number of benzene rings is 1. The number of nitrogens with one attached hydrogen (secondary N) is 1. The van der Waals surface area contributed by atoms with E-state index in [-0.39, 0.29) is 30.1 Å². The highest BCUT2D eigenvalue weighted by atomic mass is 32.2. The smallest absolute Gasteiger partial charge is 0.381 e. The van der Waals surface area contributed by atoms with Crippen molar-refractivity contribution in [3.8, 4) is 0 Å². The van der Waals surface area contributed by atoms with E-state index in [1.165, 1.54) is 30.2 Å². The van der Waals surface area contributed by atoms with E-state index < -0.39 is 22.5 Å². The van der Waals surface area contributed by atoms with Crippen molar-refractivity contribution in [1.29, 1.82) is 0 Å². The molecule has 2 fully saturated rings. The van der Waals surface area contributed by atoms with Gasteiger partial charge in [0.05, 0.1) is 24.7 Å². The molecular formula is C21H24F4N4O2S. The molecular weight excluding hydrogens is 448 g/mol. The summed E-state index contributed by atoms with van der Waals surface area (Å²) in [5, 5.41) is 13.4. The zero-order valence-corrected chi connectivity index (χ0v) is 18.1. The average Bonchev–Trinajstić information content (AvgIpc) is 3.59. The van der Waals surface area contributed by atoms with Gasteiger partial charge in [0, 0.05) is 25.4 Å². The van der Waals surface area contributed by atoms with Gasteiger partial charge < -0.3 is 20.1 Å². The number of aromatic nitrogens is 2. The number of alkyl halides is 3. The molecule has 2 N–H and O–H groups in total. The number of ether oxygens (including phenoxy) is 1. The van der Waals surface area contributed by atoms with Crippen molar-refractivity contribution in [2.45, 2.75) is 49.4 Å². The molecule has 2 heterocycles. The highest BCUT2D eigenvalue weighted by Gasteiger charge is 2.34. The molecule has 1 aliphatic carbocycles. The number of aliphatic hydroxyl groups is 1. The molecule has 1 saturated carbocycles. The highest BCUT2D eigenvalue weighted by Crippen LogP contribution is 2.36. The molecule has 1 aromatic carbocycles. The van der Waals surface area contributed by atoms with E-state index >= 15 is 4.39 Å². The summed E-state index contributed by atoms with van der Waals surface area (Å²) in [6.45, 7) is 1.20. The van der Waals surface area contributed by atoms with Crippen LogP contribution in [0.3, 0.4) is 0 Å². The lowest BCUT2D eigenvalue weighted by molar-refractivity contribution is -0.137. The van der Waals surface area contributed by atoms with Crippen molar-refractivity contribution in [3.63, 3.8) is 0 Å². The minimum atomic E-state index is -4.40. The van der Waals surface area contributed by atoms with Crippen molar-refractivity contribution in [2.24, 2.45) is 0 Å². The number of halogens is 4. The third-order valence-corrected chi connectivity index (χ3v) is 6.75. The quantitative estimate of drug-likeness (QED) is 0.436. The summed E-state index contributed by atoms with van der Waals surface area (Å²) in [6.07, 6.45) is -0.422. The van der Waals surface area contributed by atoms with Gasteiger partial charge in [-0.05, 0) is 30.5 Å². The lowest BCUT2D eigenvalue weighted by atomic mass is 10.1. The normalized spacial score (nSPS) is 18.4. The van der Waals surface area contributed by atoms with E-state index in [1.54, 1.807) is 4.90 Å². The molecule has 0 spiro atoms. The molecule has 1 aliphatic heterocycles. The van der Waals surface area contributed by atoms with Crippen LogP contribution in [0.2, 0.25) is 0 Å². The van der Waals surface area contributed by atoms with Crippen LogP contribution in [0.25, 0.3) is 0 Å². The Hall–Kier alpha value is -2.11. The second-order valence-electron chi connectivity index (χ2n) is 7.94. The van der Waals surface area contributed by atoms with Crippen LogP contribution >= 0.6 is 11.8 Å². The Balaban J connectivity index is 1.45. The van der Waals surface area contributed by atoms with Crippen molar-refractivity contribution >= 4 is 23.4 Å². The number of hydrogen-bond donors (Lipinski definition) is 2. The molecule has 0 atom stereocenters. The Morgan fingerprint density at radius 3 is 2.47 bits per heavy atom. The van der Waals surface area contributed by atoms with Gasteiger partial charge >= 0.3 is 6.18 Å². The third kappa shape index (κ3) is 5.62. The highest BCUT2D eigenvalue weighted by molar-refractivity contribution is 8.00. The van der Waals surface area contributed by atoms with Crippen molar-refractivity contribution in [3.05, 3.63) is 47.5 Å². The topological polar surface area (TPSA) is 70.5 Å². The molecule has 11 heteroatoms. The molecule has 2 aromatic rings. The van der Waals surface area contributed by atoms with E-state index in [2.05, 4.69) is 15.3 Å². The Bertz CT molecular complexity index is 919. The molecule has 1 saturated heterocycles. The maximum atomic E-state index is 15.2. The third-order valence-electron chi connectivity index (χ3n) is 5.52. The summed E-state index contributed by atoms with van der Waals surface area (Å²) >= 11 is 1.27. The van der Waals surface area contributed by atoms with Crippen LogP contribution in [-0.2, 0) is 17.5 Å². The molecule has 1 aromatic heterocycles. The Morgan fingerprint density at radius 1 is 1.16 bits per heavy atom. The minimum Gasteiger partial charge on any atom is -0.381 e. The van der Waals surface area contributed by atoms with Gasteiger partial charge in [-0.2, -0.15) is 17.6 Å². The van der Waals surface area contributed by atoms with E-state index in [9.17, 15) is 18.3 Å². The Labute approximate surface area is 187 Å². The van der Waals surface area contributed by atoms with Gasteiger partial charge in [0.15, 0.2) is 11.6 Å². The van der Waals surface area contributed by atoms with Gasteiger partial charge in [-0.3, -0.25) is 0 Å². The van der Waals surface area contributed by atoms with Crippen LogP contribution in [0.4, 0.5) is 29.2 Å². The van der Waals surface area contributed by atoms with E-state index in [4.69, 9.17) is 4.74 Å². The summed E-state index contributed by atoms with van der Waals surface area (Å²) in [7, 11) is 0. The summed E-state index contributed by atoms with van der Waals surface area (Å²) in [5.41, 5.74) is -0.0858. The van der Waals surface area contributed by atoms with Gasteiger partial charge in [-0.1, -0.05) is 12.1 Å². The van der Waals surface area contributed by atoms with Crippen LogP contribution in [-0.4, -0.2) is 45.1 Å². The molecule has 0 radical (unpaired) electrons. The maximum Gasteiger partial charge on any atom is 0.416 e. The average molecular weight is 473 g/mol. The minimum absolute atomic E-state index is 0.0243. The van der Waals surface area contributed by atoms with Gasteiger partial charge in [0.25, 0.3) is 0 Å². The van der Waals surface area contributed by atoms with Crippen LogP contribution in [0.5, 0.6) is 0 Å². The van der Waals surface area contributed by atoms with E-state index in [0.29, 0.717) is 31.6 Å². The molecule has 6 nitrogen and oxygen atoms in total. The first-order valence-corrected chi connectivity index (χ1v) is 11.3. The van der Waals surface area contributed by atoms with Crippen LogP contribution in [0.15, 0.2) is 30.6 Å². The number of hydrogen-bond acceptors (Lipinski definition) is 7. The SMILES string of the molecule is OC1(SCNc2ncnc(N(Cc3ccc(C(F)(F)F)cc3)C3CC3)c2F)CCOCC1. The van der Waals surface area contributed by atoms with Gasteiger partial charge in [0.2, 0.25) is 5.82 Å². The largest absolute Gasteiger partial charge is 0.416 e. The van der Waals surface area contributed by atoms with Crippen molar-refractivity contribution in [1.82, 2.24) is 9.97 Å². The van der Waals surface area contributed by atoms with Crippen LogP contribution in [0.1, 0.15) is 36.8 Å². The first kappa shape index (κ1) is 23.1. The lowest BCUT2D eigenvalue weighted by Gasteiger charge is -2.31. The summed E-state index contributed by atoms with van der Waals surface area (Å²) in [6, 6.07) is 4.94. The number of rotatable bonds is 8. The number of thioether (sulfide) groups is 1. The first-order valence-electron chi connectivity index (χ1n) is 10.4. The molecule has 0 unspecified atom stereocenters. The lowest BCUT2D eigenvalue weighted by Crippen LogP contribution is -2.33. The summed E-state index contributed by atoms with van der Waals surface area (Å²) in [4.78, 5) is 8.95. The maximum absolute atomic E-state index is 15.2. The molecule has 174 valence electrons. The molecule has 0 amide bonds. The van der Waals surface area contributed by atoms with Gasteiger partial charge in [-0.25, -0.2) is 9.97 Å². The summed E-state index contributed by atoms with van der Waals surface area (Å²) < 4.78 is 58.9. The number of anilines is 2. The van der Waals surface area contributed by atoms with Gasteiger partial charge in [-0.15, -0.1) is 11.8 Å². The van der Waals surface area contributed by atoms with Crippen LogP contribution in [0, 0.1) is 5.82 Å². The molecule has 4 rings (SSSR count). The predicted octanol–water partition coefficient (Wildman–Crippen LogP) is 4.41. The predicted molar refractivity (Wildman–Crippen MR) is 114 cm³/mol. The zero-order valence-electron chi connectivity index (χ0n) is 17.2. The van der Waals surface area contributed by atoms with Crippen molar-refractivity contribution < 1.29 is 27.4 Å². The van der Waals surface area contributed by atoms with Crippen LogP contribution < -0.4 is 10.2 Å².